The molecule has 2 N–H and O–H groups in total. The van der Waals surface area contributed by atoms with Crippen LogP contribution in [0.2, 0.25) is 0 Å². The highest BCUT2D eigenvalue weighted by Gasteiger charge is 2.61. The molecule has 5 aliphatic rings. The maximum Gasteiger partial charge on any atom is 0.335 e. The smallest absolute Gasteiger partial charge is 0.335 e. The van der Waals surface area contributed by atoms with Gasteiger partial charge in [-0.3, -0.25) is 4.79 Å². The Balaban J connectivity index is 1.24. The lowest BCUT2D eigenvalue weighted by atomic mass is 9.40. The molecule has 7 heteroatoms. The van der Waals surface area contributed by atoms with Crippen LogP contribution < -0.4 is 5.32 Å². The summed E-state index contributed by atoms with van der Waals surface area (Å²) in [5, 5.41) is 12.9. The van der Waals surface area contributed by atoms with E-state index >= 15 is 4.39 Å². The molecule has 1 saturated heterocycles. The van der Waals surface area contributed by atoms with Gasteiger partial charge in [0.05, 0.1) is 11.0 Å². The summed E-state index contributed by atoms with van der Waals surface area (Å²) in [5.41, 5.74) is 2.46. The second kappa shape index (κ2) is 15.0. The summed E-state index contributed by atoms with van der Waals surface area (Å²) in [7, 11) is 0. The van der Waals surface area contributed by atoms with Crippen LogP contribution in [-0.2, 0) is 4.79 Å². The fourth-order valence-electron chi connectivity index (χ4n) is 12.6. The van der Waals surface area contributed by atoms with Crippen LogP contribution in [0.5, 0.6) is 0 Å². The van der Waals surface area contributed by atoms with E-state index in [1.54, 1.807) is 12.1 Å². The Kier molecular flexibility index (Phi) is 11.3. The highest BCUT2D eigenvalue weighted by molar-refractivity contribution is 7.99. The van der Waals surface area contributed by atoms with Crippen LogP contribution in [0.15, 0.2) is 36.4 Å². The highest BCUT2D eigenvalue weighted by atomic mass is 32.2. The van der Waals surface area contributed by atoms with Crippen LogP contribution in [0.1, 0.15) is 128 Å². The largest absolute Gasteiger partial charge is 0.478 e. The number of aromatic carboxylic acids is 1. The molecule has 1 aliphatic heterocycles. The number of nitrogens with one attached hydrogen (secondary N) is 1. The molecule has 6 rings (SSSR count). The minimum absolute atomic E-state index is 0.0101. The van der Waals surface area contributed by atoms with E-state index in [0.717, 1.165) is 102 Å². The second-order valence-corrected chi connectivity index (χ2v) is 19.6. The van der Waals surface area contributed by atoms with Crippen molar-refractivity contribution in [1.29, 1.82) is 0 Å². The van der Waals surface area contributed by atoms with E-state index in [0.29, 0.717) is 41.1 Å². The first kappa shape index (κ1) is 38.6. The Labute approximate surface area is 312 Å². The zero-order chi connectivity index (χ0) is 36.8. The molecule has 4 fully saturated rings. The number of amides is 1. The summed E-state index contributed by atoms with van der Waals surface area (Å²) in [4.78, 5) is 28.6. The van der Waals surface area contributed by atoms with E-state index in [4.69, 9.17) is 0 Å². The Bertz CT molecular complexity index is 1520. The Morgan fingerprint density at radius 1 is 1.00 bits per heavy atom. The highest BCUT2D eigenvalue weighted by Crippen LogP contribution is 2.69. The Morgan fingerprint density at radius 2 is 1.73 bits per heavy atom. The van der Waals surface area contributed by atoms with Crippen LogP contribution in [0, 0.1) is 57.1 Å². The summed E-state index contributed by atoms with van der Waals surface area (Å²) in [6, 6.07) is 4.41. The fourth-order valence-corrected chi connectivity index (χ4v) is 13.6. The molecule has 8 unspecified atom stereocenters. The molecule has 0 spiro atoms. The van der Waals surface area contributed by atoms with Gasteiger partial charge in [0.1, 0.15) is 5.82 Å². The van der Waals surface area contributed by atoms with E-state index < -0.39 is 11.8 Å². The number of hydrogen-bond acceptors (Lipinski definition) is 4. The average Bonchev–Trinajstić information content (AvgIpc) is 3.46. The van der Waals surface area contributed by atoms with Crippen molar-refractivity contribution < 1.29 is 19.1 Å². The van der Waals surface area contributed by atoms with Crippen LogP contribution in [0.25, 0.3) is 5.57 Å². The van der Waals surface area contributed by atoms with Gasteiger partial charge in [-0.1, -0.05) is 65.3 Å². The normalized spacial score (nSPS) is 36.9. The van der Waals surface area contributed by atoms with Gasteiger partial charge in [-0.15, -0.1) is 0 Å². The summed E-state index contributed by atoms with van der Waals surface area (Å²) in [6.07, 6.45) is 13.9. The van der Waals surface area contributed by atoms with Gasteiger partial charge in [-0.05, 0) is 141 Å². The van der Waals surface area contributed by atoms with Crippen molar-refractivity contribution in [1.82, 2.24) is 10.2 Å². The molecule has 0 bridgehead atoms. The molecule has 1 heterocycles. The predicted octanol–water partition coefficient (Wildman–Crippen LogP) is 10.1. The minimum atomic E-state index is -1.10. The van der Waals surface area contributed by atoms with Crippen molar-refractivity contribution in [3.8, 4) is 0 Å². The predicted molar refractivity (Wildman–Crippen MR) is 209 cm³/mol. The lowest BCUT2D eigenvalue weighted by Gasteiger charge is -2.64. The third-order valence-corrected chi connectivity index (χ3v) is 16.5. The van der Waals surface area contributed by atoms with E-state index in [9.17, 15) is 14.7 Å². The number of hydrogen-bond donors (Lipinski definition) is 2. The summed E-state index contributed by atoms with van der Waals surface area (Å²) in [5.74, 6) is 3.34. The number of carbonyl (C=O) groups excluding carboxylic acids is 1. The molecule has 0 radical (unpaired) electrons. The van der Waals surface area contributed by atoms with Gasteiger partial charge < -0.3 is 15.3 Å². The van der Waals surface area contributed by atoms with Crippen LogP contribution in [0.3, 0.4) is 0 Å². The van der Waals surface area contributed by atoms with Gasteiger partial charge in [-0.25, -0.2) is 9.18 Å². The number of carboxylic acid groups (broad SMARTS) is 1. The second-order valence-electron chi connectivity index (χ2n) is 18.4. The zero-order valence-electron chi connectivity index (χ0n) is 32.4. The van der Waals surface area contributed by atoms with Crippen LogP contribution >= 0.6 is 11.8 Å². The third kappa shape index (κ3) is 7.01. The number of nitrogens with zero attached hydrogens (tertiary/aromatic N) is 1. The van der Waals surface area contributed by atoms with Crippen LogP contribution in [-0.4, -0.2) is 59.6 Å². The van der Waals surface area contributed by atoms with Gasteiger partial charge in [0.2, 0.25) is 5.91 Å². The quantitative estimate of drug-likeness (QED) is 0.207. The van der Waals surface area contributed by atoms with E-state index in [2.05, 4.69) is 64.4 Å². The SMILES string of the molecule is C=C(C)C1CCC2(C(=O)NCCCN3CCSCC3)CCC(C)C3(C)CCC4C(C)(C)C(c5ccc(C(=O)O)cc5F)=CCC4(C)C3CCCC12. The summed E-state index contributed by atoms with van der Waals surface area (Å²) < 4.78 is 15.5. The zero-order valence-corrected chi connectivity index (χ0v) is 33.2. The summed E-state index contributed by atoms with van der Waals surface area (Å²) in [6.45, 7) is 23.0. The third-order valence-electron chi connectivity index (χ3n) is 15.6. The van der Waals surface area contributed by atoms with Crippen molar-refractivity contribution >= 4 is 29.2 Å². The number of benzene rings is 1. The first-order chi connectivity index (χ1) is 24.1. The molecular weight excluding hydrogens is 656 g/mol. The maximum atomic E-state index is 15.5. The molecule has 282 valence electrons. The number of rotatable bonds is 8. The van der Waals surface area contributed by atoms with E-state index in [1.165, 1.54) is 23.1 Å². The molecule has 3 saturated carbocycles. The van der Waals surface area contributed by atoms with Crippen molar-refractivity contribution in [2.45, 2.75) is 112 Å². The topological polar surface area (TPSA) is 69.6 Å². The molecule has 1 amide bonds. The fraction of sp³-hybridized carbons (Fsp3) is 0.727. The van der Waals surface area contributed by atoms with Gasteiger partial charge in [0.15, 0.2) is 0 Å². The summed E-state index contributed by atoms with van der Waals surface area (Å²) >= 11 is 2.04. The molecule has 8 atom stereocenters. The van der Waals surface area contributed by atoms with Gasteiger partial charge in [0, 0.05) is 36.7 Å². The molecule has 5 nitrogen and oxygen atoms in total. The molecule has 4 aliphatic carbocycles. The van der Waals surface area contributed by atoms with E-state index in [1.807, 2.05) is 11.8 Å². The van der Waals surface area contributed by atoms with Crippen molar-refractivity contribution in [2.75, 3.05) is 37.7 Å². The monoisotopic (exact) mass is 720 g/mol. The van der Waals surface area contributed by atoms with Crippen LogP contribution in [0.4, 0.5) is 4.39 Å². The lowest BCUT2D eigenvalue weighted by Crippen LogP contribution is -2.56. The maximum absolute atomic E-state index is 15.5. The first-order valence-corrected chi connectivity index (χ1v) is 21.3. The number of carbonyl (C=O) groups is 2. The number of carboxylic acids is 1. The Hall–Kier alpha value is -2.12. The van der Waals surface area contributed by atoms with Crippen molar-refractivity contribution in [2.24, 2.45) is 51.2 Å². The molecular formula is C44H65FN2O3S. The Morgan fingerprint density at radius 3 is 2.41 bits per heavy atom. The first-order valence-electron chi connectivity index (χ1n) is 20.1. The number of allylic oxidation sites excluding steroid dienone is 3. The standard InChI is InChI=1S/C44H65FN2O3S/c1-29(2)32-15-21-44(40(50)46-22-9-23-47-24-26-51-27-25-47)20-14-30(3)42(6)19-17-37-41(4,5)34(33-13-12-31(39(48)49)28-36(33)45)16-18-43(37,7)38(42)11-8-10-35(32)44/h12-13,16,28,30,32,35,37-38H,1,8-11,14-15,17-27H2,2-7H3,(H,46,50)(H,48,49). The number of fused-ring (bicyclic) bond motifs is 4. The van der Waals surface area contributed by atoms with E-state index in [-0.39, 0.29) is 27.2 Å². The average molecular weight is 721 g/mol. The van der Waals surface area contributed by atoms with Gasteiger partial charge >= 0.3 is 5.97 Å². The van der Waals surface area contributed by atoms with Crippen molar-refractivity contribution in [3.05, 3.63) is 53.4 Å². The lowest BCUT2D eigenvalue weighted by molar-refractivity contribution is -0.139. The molecule has 51 heavy (non-hydrogen) atoms. The molecule has 1 aromatic rings. The number of thioether (sulfide) groups is 1. The van der Waals surface area contributed by atoms with Crippen molar-refractivity contribution in [3.63, 3.8) is 0 Å². The van der Waals surface area contributed by atoms with Gasteiger partial charge in [0.25, 0.3) is 0 Å². The molecule has 0 aromatic heterocycles. The van der Waals surface area contributed by atoms with Gasteiger partial charge in [-0.2, -0.15) is 11.8 Å². The molecule has 1 aromatic carbocycles. The minimum Gasteiger partial charge on any atom is -0.478 e. The number of halogens is 1.